The van der Waals surface area contributed by atoms with Gasteiger partial charge in [-0.3, -0.25) is 4.79 Å². The van der Waals surface area contributed by atoms with Crippen LogP contribution in [0.25, 0.3) is 0 Å². The van der Waals surface area contributed by atoms with Crippen LogP contribution in [0.2, 0.25) is 0 Å². The first-order chi connectivity index (χ1) is 4.77. The second kappa shape index (κ2) is 1.95. The number of rotatable bonds is 0. The topological polar surface area (TPSA) is 55.1 Å². The summed E-state index contributed by atoms with van der Waals surface area (Å²) in [7, 11) is 0. The van der Waals surface area contributed by atoms with Gasteiger partial charge in [0, 0.05) is 18.5 Å². The quantitative estimate of drug-likeness (QED) is 0.481. The maximum atomic E-state index is 10.8. The van der Waals surface area contributed by atoms with E-state index in [9.17, 15) is 4.79 Å². The fourth-order valence-corrected chi connectivity index (χ4v) is 2.05. The monoisotopic (exact) mass is 140 g/mol. The van der Waals surface area contributed by atoms with Crippen LogP contribution in [0.3, 0.4) is 0 Å². The number of nitrogens with one attached hydrogen (secondary N) is 1. The van der Waals surface area contributed by atoms with Crippen molar-refractivity contribution < 1.29 is 4.79 Å². The third-order valence-electron chi connectivity index (χ3n) is 2.62. The Morgan fingerprint density at radius 3 is 3.00 bits per heavy atom. The zero-order valence-electron chi connectivity index (χ0n) is 5.84. The molecule has 0 unspecified atom stereocenters. The molecule has 1 saturated heterocycles. The van der Waals surface area contributed by atoms with E-state index >= 15 is 0 Å². The summed E-state index contributed by atoms with van der Waals surface area (Å²) in [5.41, 5.74) is 5.77. The Kier molecular flexibility index (Phi) is 1.20. The van der Waals surface area contributed by atoms with Gasteiger partial charge in [0.1, 0.15) is 0 Å². The van der Waals surface area contributed by atoms with Gasteiger partial charge in [0.2, 0.25) is 5.91 Å². The first-order valence-corrected chi connectivity index (χ1v) is 3.82. The first-order valence-electron chi connectivity index (χ1n) is 3.82. The number of hydrogen-bond donors (Lipinski definition) is 2. The Morgan fingerprint density at radius 1 is 1.50 bits per heavy atom. The van der Waals surface area contributed by atoms with Crippen molar-refractivity contribution in [2.75, 3.05) is 0 Å². The van der Waals surface area contributed by atoms with Gasteiger partial charge in [0.05, 0.1) is 0 Å². The van der Waals surface area contributed by atoms with E-state index in [1.807, 2.05) is 0 Å². The van der Waals surface area contributed by atoms with Gasteiger partial charge in [-0.15, -0.1) is 0 Å². The zero-order chi connectivity index (χ0) is 7.14. The standard InChI is InChI=1S/C7H12N2O/c8-5-2-1-4-3-6(10)9-7(4)5/h4-5,7H,1-3,8H2,(H,9,10)/t4-,5-,7+/m1/s1. The molecule has 0 aromatic heterocycles. The Balaban J connectivity index is 2.12. The predicted octanol–water partition coefficient (Wildman–Crippen LogP) is -0.388. The molecule has 2 rings (SSSR count). The number of nitrogens with two attached hydrogens (primary N) is 1. The molecule has 1 heterocycles. The van der Waals surface area contributed by atoms with E-state index in [0.717, 1.165) is 12.8 Å². The van der Waals surface area contributed by atoms with Gasteiger partial charge in [0.25, 0.3) is 0 Å². The average Bonchev–Trinajstić information content (AvgIpc) is 2.35. The summed E-state index contributed by atoms with van der Waals surface area (Å²) in [6, 6.07) is 0.518. The third kappa shape index (κ3) is 0.736. The largest absolute Gasteiger partial charge is 0.352 e. The summed E-state index contributed by atoms with van der Waals surface area (Å²) in [4.78, 5) is 10.8. The summed E-state index contributed by atoms with van der Waals surface area (Å²) in [5.74, 6) is 0.729. The molecule has 1 amide bonds. The highest BCUT2D eigenvalue weighted by atomic mass is 16.2. The number of fused-ring (bicyclic) bond motifs is 1. The normalized spacial score (nSPS) is 45.3. The molecule has 3 nitrogen and oxygen atoms in total. The molecular formula is C7H12N2O. The van der Waals surface area contributed by atoms with Crippen LogP contribution >= 0.6 is 0 Å². The molecule has 1 aliphatic heterocycles. The van der Waals surface area contributed by atoms with Gasteiger partial charge >= 0.3 is 0 Å². The van der Waals surface area contributed by atoms with Crippen molar-refractivity contribution in [1.29, 1.82) is 0 Å². The van der Waals surface area contributed by atoms with E-state index in [2.05, 4.69) is 5.32 Å². The van der Waals surface area contributed by atoms with Crippen LogP contribution in [0.15, 0.2) is 0 Å². The van der Waals surface area contributed by atoms with Crippen LogP contribution < -0.4 is 11.1 Å². The van der Waals surface area contributed by atoms with Crippen molar-refractivity contribution in [2.24, 2.45) is 11.7 Å². The highest BCUT2D eigenvalue weighted by Crippen LogP contribution is 2.31. The highest BCUT2D eigenvalue weighted by Gasteiger charge is 2.40. The van der Waals surface area contributed by atoms with E-state index in [-0.39, 0.29) is 11.9 Å². The average molecular weight is 140 g/mol. The molecule has 0 bridgehead atoms. The van der Waals surface area contributed by atoms with Crippen LogP contribution in [0.4, 0.5) is 0 Å². The fraction of sp³-hybridized carbons (Fsp3) is 0.857. The minimum absolute atomic E-state index is 0.185. The van der Waals surface area contributed by atoms with Crippen molar-refractivity contribution in [1.82, 2.24) is 5.32 Å². The van der Waals surface area contributed by atoms with Crippen LogP contribution in [0.1, 0.15) is 19.3 Å². The smallest absolute Gasteiger partial charge is 0.220 e. The van der Waals surface area contributed by atoms with Crippen LogP contribution in [0, 0.1) is 5.92 Å². The lowest BCUT2D eigenvalue weighted by Crippen LogP contribution is -2.40. The summed E-state index contributed by atoms with van der Waals surface area (Å²) >= 11 is 0. The van der Waals surface area contributed by atoms with Crippen LogP contribution in [-0.2, 0) is 4.79 Å². The van der Waals surface area contributed by atoms with E-state index < -0.39 is 0 Å². The Morgan fingerprint density at radius 2 is 2.30 bits per heavy atom. The molecule has 0 radical (unpaired) electrons. The molecule has 10 heavy (non-hydrogen) atoms. The molecule has 56 valence electrons. The molecule has 1 aliphatic carbocycles. The molecule has 0 spiro atoms. The Bertz CT molecular complexity index is 169. The van der Waals surface area contributed by atoms with Crippen molar-refractivity contribution in [2.45, 2.75) is 31.3 Å². The fourth-order valence-electron chi connectivity index (χ4n) is 2.05. The first kappa shape index (κ1) is 6.16. The highest BCUT2D eigenvalue weighted by molar-refractivity contribution is 5.79. The van der Waals surface area contributed by atoms with E-state index in [1.54, 1.807) is 0 Å². The van der Waals surface area contributed by atoms with Crippen molar-refractivity contribution in [3.05, 3.63) is 0 Å². The van der Waals surface area contributed by atoms with Gasteiger partial charge < -0.3 is 11.1 Å². The van der Waals surface area contributed by atoms with Crippen molar-refractivity contribution in [3.63, 3.8) is 0 Å². The summed E-state index contributed by atoms with van der Waals surface area (Å²) in [5, 5.41) is 2.90. The van der Waals surface area contributed by atoms with E-state index in [0.29, 0.717) is 18.4 Å². The molecule has 0 aromatic carbocycles. The molecule has 3 heteroatoms. The Labute approximate surface area is 60.0 Å². The number of carbonyl (C=O) groups excluding carboxylic acids is 1. The minimum atomic E-state index is 0.185. The summed E-state index contributed by atoms with van der Waals surface area (Å²) in [6.45, 7) is 0. The molecule has 3 N–H and O–H groups in total. The van der Waals surface area contributed by atoms with E-state index in [1.165, 1.54) is 0 Å². The summed E-state index contributed by atoms with van der Waals surface area (Å²) < 4.78 is 0. The van der Waals surface area contributed by atoms with Crippen molar-refractivity contribution >= 4 is 5.91 Å². The molecule has 0 aromatic rings. The lowest BCUT2D eigenvalue weighted by molar-refractivity contribution is -0.119. The van der Waals surface area contributed by atoms with Gasteiger partial charge in [-0.2, -0.15) is 0 Å². The van der Waals surface area contributed by atoms with Gasteiger partial charge in [-0.25, -0.2) is 0 Å². The summed E-state index contributed by atoms with van der Waals surface area (Å²) in [6.07, 6.45) is 2.92. The van der Waals surface area contributed by atoms with Gasteiger partial charge in [-0.1, -0.05) is 0 Å². The molecule has 1 saturated carbocycles. The second-order valence-corrected chi connectivity index (χ2v) is 3.30. The minimum Gasteiger partial charge on any atom is -0.352 e. The molecule has 3 atom stereocenters. The maximum absolute atomic E-state index is 10.8. The third-order valence-corrected chi connectivity index (χ3v) is 2.62. The zero-order valence-corrected chi connectivity index (χ0v) is 5.84. The SMILES string of the molecule is N[C@@H]1CC[C@@H]2CC(=O)N[C@@H]21. The van der Waals surface area contributed by atoms with Crippen LogP contribution in [0.5, 0.6) is 0 Å². The molecule has 2 aliphatic rings. The Hall–Kier alpha value is -0.570. The van der Waals surface area contributed by atoms with Gasteiger partial charge in [-0.05, 0) is 18.8 Å². The predicted molar refractivity (Wildman–Crippen MR) is 37.2 cm³/mol. The number of hydrogen-bond acceptors (Lipinski definition) is 2. The van der Waals surface area contributed by atoms with Gasteiger partial charge in [0.15, 0.2) is 0 Å². The van der Waals surface area contributed by atoms with E-state index in [4.69, 9.17) is 5.73 Å². The lowest BCUT2D eigenvalue weighted by atomic mass is 10.0. The number of carbonyl (C=O) groups is 1. The molecule has 2 fully saturated rings. The van der Waals surface area contributed by atoms with Crippen LogP contribution in [-0.4, -0.2) is 18.0 Å². The molecular weight excluding hydrogens is 128 g/mol. The second-order valence-electron chi connectivity index (χ2n) is 3.30. The lowest BCUT2D eigenvalue weighted by Gasteiger charge is -2.12. The maximum Gasteiger partial charge on any atom is 0.220 e. The number of amides is 1. The van der Waals surface area contributed by atoms with Crippen molar-refractivity contribution in [3.8, 4) is 0 Å².